The molecule has 0 amide bonds. The zero-order chi connectivity index (χ0) is 14.1. The third kappa shape index (κ3) is 2.19. The Hall–Kier alpha value is -1.85. The number of hydrogen-bond donors (Lipinski definition) is 1. The van der Waals surface area contributed by atoms with E-state index in [0.717, 1.165) is 26.9 Å². The number of pyridine rings is 1. The molecule has 0 saturated heterocycles. The summed E-state index contributed by atoms with van der Waals surface area (Å²) in [6, 6.07) is 7.94. The largest absolute Gasteiger partial charge is 0.319 e. The van der Waals surface area contributed by atoms with Gasteiger partial charge in [-0.15, -0.1) is 5.10 Å². The van der Waals surface area contributed by atoms with Crippen LogP contribution in [0.15, 0.2) is 36.7 Å². The van der Waals surface area contributed by atoms with Crippen LogP contribution in [0, 0.1) is 0 Å². The fraction of sp³-hybridized carbons (Fsp3) is 0.267. The van der Waals surface area contributed by atoms with Crippen molar-refractivity contribution in [1.82, 2.24) is 14.6 Å². The molecule has 1 unspecified atom stereocenters. The Morgan fingerprint density at radius 3 is 2.85 bits per heavy atom. The quantitative estimate of drug-likeness (QED) is 0.801. The fourth-order valence-electron chi connectivity index (χ4n) is 2.38. The number of fused-ring (bicyclic) bond motifs is 1. The van der Waals surface area contributed by atoms with Gasteiger partial charge in [-0.2, -0.15) is 0 Å². The molecule has 0 aliphatic heterocycles. The minimum atomic E-state index is -0.196. The van der Waals surface area contributed by atoms with E-state index in [0.29, 0.717) is 5.92 Å². The van der Waals surface area contributed by atoms with Gasteiger partial charge in [0.15, 0.2) is 0 Å². The normalized spacial score (nSPS) is 13.0. The monoisotopic (exact) mass is 284 g/mol. The van der Waals surface area contributed by atoms with Gasteiger partial charge in [-0.25, -0.2) is 0 Å². The second kappa shape index (κ2) is 5.26. The van der Waals surface area contributed by atoms with E-state index in [-0.39, 0.29) is 6.04 Å². The van der Waals surface area contributed by atoms with Gasteiger partial charge in [0.05, 0.1) is 16.6 Å². The van der Waals surface area contributed by atoms with Crippen molar-refractivity contribution in [3.8, 4) is 0 Å². The molecule has 1 aromatic carbocycles. The summed E-state index contributed by atoms with van der Waals surface area (Å²) in [6.07, 6.45) is 3.66. The minimum Gasteiger partial charge on any atom is -0.319 e. The summed E-state index contributed by atoms with van der Waals surface area (Å²) in [6.45, 7) is 4.22. The topological polar surface area (TPSA) is 64.7 Å². The van der Waals surface area contributed by atoms with E-state index in [2.05, 4.69) is 34.5 Å². The minimum absolute atomic E-state index is 0.196. The molecule has 2 N–H and O–H groups in total. The summed E-state index contributed by atoms with van der Waals surface area (Å²) in [5, 5.41) is 6.46. The van der Waals surface area contributed by atoms with E-state index in [9.17, 15) is 0 Å². The van der Waals surface area contributed by atoms with Crippen LogP contribution in [0.1, 0.15) is 41.9 Å². The Bertz CT molecular complexity index is 730. The number of hydrogen-bond acceptors (Lipinski definition) is 5. The highest BCUT2D eigenvalue weighted by atomic mass is 32.1. The van der Waals surface area contributed by atoms with Crippen LogP contribution >= 0.6 is 11.5 Å². The van der Waals surface area contributed by atoms with Gasteiger partial charge in [0.1, 0.15) is 0 Å². The molecule has 0 fully saturated rings. The van der Waals surface area contributed by atoms with E-state index in [1.165, 1.54) is 11.5 Å². The van der Waals surface area contributed by atoms with E-state index >= 15 is 0 Å². The van der Waals surface area contributed by atoms with E-state index < -0.39 is 0 Å². The molecule has 3 rings (SSSR count). The van der Waals surface area contributed by atoms with Crippen molar-refractivity contribution in [2.45, 2.75) is 25.8 Å². The average Bonchev–Trinajstić information content (AvgIpc) is 2.95. The number of nitrogens with zero attached hydrogens (tertiary/aromatic N) is 3. The molecular formula is C15H16N4S. The molecule has 0 spiro atoms. The summed E-state index contributed by atoms with van der Waals surface area (Å²) in [4.78, 5) is 5.20. The van der Waals surface area contributed by atoms with Crippen molar-refractivity contribution in [3.05, 3.63) is 52.8 Å². The first kappa shape index (κ1) is 13.1. The molecule has 3 aromatic rings. The summed E-state index contributed by atoms with van der Waals surface area (Å²) in [5.74, 6) is 0.325. The molecule has 0 radical (unpaired) electrons. The predicted octanol–water partition coefficient (Wildman–Crippen LogP) is 3.26. The number of nitrogens with two attached hydrogens (primary N) is 1. The maximum atomic E-state index is 6.48. The maximum Gasteiger partial charge on any atom is 0.0832 e. The Kier molecular flexibility index (Phi) is 3.46. The van der Waals surface area contributed by atoms with Crippen LogP contribution in [-0.4, -0.2) is 14.6 Å². The van der Waals surface area contributed by atoms with Crippen LogP contribution in [0.2, 0.25) is 0 Å². The third-order valence-electron chi connectivity index (χ3n) is 3.42. The lowest BCUT2D eigenvalue weighted by Gasteiger charge is -2.15. The molecule has 20 heavy (non-hydrogen) atoms. The van der Waals surface area contributed by atoms with Gasteiger partial charge in [-0.05, 0) is 34.5 Å². The van der Waals surface area contributed by atoms with E-state index in [1.54, 1.807) is 6.20 Å². The SMILES string of the molecule is CC(C)c1nnsc1C(N)c1cccc2cnccc12. The van der Waals surface area contributed by atoms with E-state index in [1.807, 2.05) is 24.4 Å². The van der Waals surface area contributed by atoms with Crippen LogP contribution < -0.4 is 5.73 Å². The van der Waals surface area contributed by atoms with Gasteiger partial charge in [-0.1, -0.05) is 36.5 Å². The summed E-state index contributed by atoms with van der Waals surface area (Å²) in [5.41, 5.74) is 8.56. The smallest absolute Gasteiger partial charge is 0.0832 e. The Balaban J connectivity index is 2.13. The second-order valence-electron chi connectivity index (χ2n) is 5.10. The molecule has 5 heteroatoms. The standard InChI is InChI=1S/C15H16N4S/c1-9(2)14-15(20-19-18-14)13(16)12-5-3-4-10-8-17-7-6-11(10)12/h3-9,13H,16H2,1-2H3. The first-order chi connectivity index (χ1) is 9.68. The first-order valence-corrected chi connectivity index (χ1v) is 7.36. The highest BCUT2D eigenvalue weighted by molar-refractivity contribution is 7.05. The Morgan fingerprint density at radius 2 is 2.05 bits per heavy atom. The zero-order valence-corrected chi connectivity index (χ0v) is 12.3. The first-order valence-electron chi connectivity index (χ1n) is 6.59. The molecule has 0 aliphatic rings. The van der Waals surface area contributed by atoms with Crippen molar-refractivity contribution < 1.29 is 0 Å². The summed E-state index contributed by atoms with van der Waals surface area (Å²) in [7, 11) is 0. The fourth-order valence-corrected chi connectivity index (χ4v) is 3.21. The van der Waals surface area contributed by atoms with Gasteiger partial charge < -0.3 is 5.73 Å². The highest BCUT2D eigenvalue weighted by Gasteiger charge is 2.20. The van der Waals surface area contributed by atoms with Crippen molar-refractivity contribution in [2.24, 2.45) is 5.73 Å². The number of aromatic nitrogens is 3. The summed E-state index contributed by atoms with van der Waals surface area (Å²) >= 11 is 1.39. The Labute approximate surface area is 121 Å². The van der Waals surface area contributed by atoms with Gasteiger partial charge in [0.2, 0.25) is 0 Å². The second-order valence-corrected chi connectivity index (χ2v) is 5.88. The lowest BCUT2D eigenvalue weighted by Crippen LogP contribution is -2.13. The molecule has 0 aliphatic carbocycles. The van der Waals surface area contributed by atoms with Crippen LogP contribution in [0.4, 0.5) is 0 Å². The third-order valence-corrected chi connectivity index (χ3v) is 4.24. The predicted molar refractivity (Wildman–Crippen MR) is 81.8 cm³/mol. The lowest BCUT2D eigenvalue weighted by molar-refractivity contribution is 0.772. The van der Waals surface area contributed by atoms with Gasteiger partial charge in [0.25, 0.3) is 0 Å². The molecule has 2 heterocycles. The molecule has 4 nitrogen and oxygen atoms in total. The van der Waals surface area contributed by atoms with Crippen LogP contribution in [0.25, 0.3) is 10.8 Å². The van der Waals surface area contributed by atoms with Gasteiger partial charge in [0, 0.05) is 17.8 Å². The molecule has 1 atom stereocenters. The van der Waals surface area contributed by atoms with Crippen LogP contribution in [0.3, 0.4) is 0 Å². The summed E-state index contributed by atoms with van der Waals surface area (Å²) < 4.78 is 4.07. The molecule has 102 valence electrons. The van der Waals surface area contributed by atoms with Crippen LogP contribution in [0.5, 0.6) is 0 Å². The van der Waals surface area contributed by atoms with Crippen molar-refractivity contribution in [1.29, 1.82) is 0 Å². The maximum absolute atomic E-state index is 6.48. The zero-order valence-electron chi connectivity index (χ0n) is 11.4. The number of rotatable bonds is 3. The Morgan fingerprint density at radius 1 is 1.20 bits per heavy atom. The lowest BCUT2D eigenvalue weighted by atomic mass is 9.97. The average molecular weight is 284 g/mol. The van der Waals surface area contributed by atoms with E-state index in [4.69, 9.17) is 5.73 Å². The highest BCUT2D eigenvalue weighted by Crippen LogP contribution is 2.32. The number of benzene rings is 1. The molecule has 0 bridgehead atoms. The molecule has 0 saturated carbocycles. The van der Waals surface area contributed by atoms with Crippen LogP contribution in [-0.2, 0) is 0 Å². The van der Waals surface area contributed by atoms with Gasteiger partial charge in [-0.3, -0.25) is 4.98 Å². The molecule has 2 aromatic heterocycles. The van der Waals surface area contributed by atoms with Crippen molar-refractivity contribution in [3.63, 3.8) is 0 Å². The molecular weight excluding hydrogens is 268 g/mol. The van der Waals surface area contributed by atoms with Crippen molar-refractivity contribution in [2.75, 3.05) is 0 Å². The van der Waals surface area contributed by atoms with Crippen molar-refractivity contribution >= 4 is 22.3 Å². The van der Waals surface area contributed by atoms with Gasteiger partial charge >= 0.3 is 0 Å².